The van der Waals surface area contributed by atoms with Gasteiger partial charge in [0.15, 0.2) is 0 Å². The fraction of sp³-hybridized carbons (Fsp3) is 0.571. The molecule has 1 N–H and O–H groups in total. The number of ether oxygens (including phenoxy) is 1. The van der Waals surface area contributed by atoms with E-state index < -0.39 is 11.9 Å². The molecule has 96 valence electrons. The van der Waals surface area contributed by atoms with Gasteiger partial charge in [-0.15, -0.1) is 0 Å². The van der Waals surface area contributed by atoms with Crippen LogP contribution in [0.4, 0.5) is 4.39 Å². The van der Waals surface area contributed by atoms with Crippen molar-refractivity contribution in [2.75, 3.05) is 7.11 Å². The van der Waals surface area contributed by atoms with Gasteiger partial charge in [-0.05, 0) is 24.5 Å². The molecule has 0 aliphatic carbocycles. The lowest BCUT2D eigenvalue weighted by Gasteiger charge is -2.20. The fourth-order valence-corrected chi connectivity index (χ4v) is 2.07. The van der Waals surface area contributed by atoms with Crippen LogP contribution in [0.3, 0.4) is 0 Å². The SMILES string of the molecule is CCC(CC)CC(O)c1c(F)cccc1OC. The molecule has 0 bridgehead atoms. The largest absolute Gasteiger partial charge is 0.496 e. The number of aliphatic hydroxyl groups excluding tert-OH is 1. The van der Waals surface area contributed by atoms with E-state index in [0.717, 1.165) is 12.8 Å². The first kappa shape index (κ1) is 14.0. The van der Waals surface area contributed by atoms with Crippen LogP contribution in [0.5, 0.6) is 5.75 Å². The Morgan fingerprint density at radius 3 is 2.47 bits per heavy atom. The van der Waals surface area contributed by atoms with E-state index in [9.17, 15) is 9.50 Å². The molecule has 0 radical (unpaired) electrons. The Hall–Kier alpha value is -1.09. The molecular formula is C14H21FO2. The number of methoxy groups -OCH3 is 1. The number of halogens is 1. The van der Waals surface area contributed by atoms with Crippen LogP contribution in [0.2, 0.25) is 0 Å². The van der Waals surface area contributed by atoms with Crippen molar-refractivity contribution in [3.63, 3.8) is 0 Å². The summed E-state index contributed by atoms with van der Waals surface area (Å²) in [6.45, 7) is 4.17. The highest BCUT2D eigenvalue weighted by Crippen LogP contribution is 2.33. The smallest absolute Gasteiger partial charge is 0.132 e. The average Bonchev–Trinajstić information content (AvgIpc) is 2.35. The minimum Gasteiger partial charge on any atom is -0.496 e. The molecular weight excluding hydrogens is 219 g/mol. The Labute approximate surface area is 102 Å². The van der Waals surface area contributed by atoms with E-state index in [2.05, 4.69) is 13.8 Å². The number of benzene rings is 1. The van der Waals surface area contributed by atoms with Gasteiger partial charge in [0.05, 0.1) is 18.8 Å². The quantitative estimate of drug-likeness (QED) is 0.821. The zero-order chi connectivity index (χ0) is 12.8. The second kappa shape index (κ2) is 6.60. The summed E-state index contributed by atoms with van der Waals surface area (Å²) in [6, 6.07) is 4.62. The van der Waals surface area contributed by atoms with Crippen molar-refractivity contribution >= 4 is 0 Å². The number of rotatable bonds is 6. The summed E-state index contributed by atoms with van der Waals surface area (Å²) in [4.78, 5) is 0. The molecule has 1 rings (SSSR count). The summed E-state index contributed by atoms with van der Waals surface area (Å²) in [6.07, 6.45) is 1.76. The molecule has 17 heavy (non-hydrogen) atoms. The monoisotopic (exact) mass is 240 g/mol. The molecule has 3 heteroatoms. The minimum absolute atomic E-state index is 0.280. The lowest BCUT2D eigenvalue weighted by Crippen LogP contribution is -2.09. The van der Waals surface area contributed by atoms with Crippen molar-refractivity contribution in [3.8, 4) is 5.75 Å². The van der Waals surface area contributed by atoms with Crippen LogP contribution in [0.1, 0.15) is 44.8 Å². The van der Waals surface area contributed by atoms with E-state index in [4.69, 9.17) is 4.74 Å². The lowest BCUT2D eigenvalue weighted by atomic mass is 9.92. The van der Waals surface area contributed by atoms with Crippen LogP contribution >= 0.6 is 0 Å². The van der Waals surface area contributed by atoms with Crippen LogP contribution in [-0.2, 0) is 0 Å². The third-order valence-corrected chi connectivity index (χ3v) is 3.28. The van der Waals surface area contributed by atoms with E-state index in [0.29, 0.717) is 18.1 Å². The summed E-state index contributed by atoms with van der Waals surface area (Å²) in [5.74, 6) is 0.431. The first-order valence-electron chi connectivity index (χ1n) is 6.14. The topological polar surface area (TPSA) is 29.5 Å². The molecule has 0 spiro atoms. The highest BCUT2D eigenvalue weighted by Gasteiger charge is 2.20. The van der Waals surface area contributed by atoms with Crippen molar-refractivity contribution < 1.29 is 14.2 Å². The molecule has 0 amide bonds. The zero-order valence-corrected chi connectivity index (χ0v) is 10.7. The van der Waals surface area contributed by atoms with E-state index >= 15 is 0 Å². The van der Waals surface area contributed by atoms with Crippen LogP contribution in [0.25, 0.3) is 0 Å². The summed E-state index contributed by atoms with van der Waals surface area (Å²) in [7, 11) is 1.49. The van der Waals surface area contributed by atoms with E-state index in [-0.39, 0.29) is 5.56 Å². The second-order valence-electron chi connectivity index (χ2n) is 4.29. The van der Waals surface area contributed by atoms with Gasteiger partial charge in [-0.3, -0.25) is 0 Å². The maximum Gasteiger partial charge on any atom is 0.132 e. The van der Waals surface area contributed by atoms with E-state index in [1.54, 1.807) is 12.1 Å². The van der Waals surface area contributed by atoms with Gasteiger partial charge >= 0.3 is 0 Å². The molecule has 0 heterocycles. The molecule has 2 nitrogen and oxygen atoms in total. The predicted octanol–water partition coefficient (Wildman–Crippen LogP) is 3.69. The molecule has 0 aromatic heterocycles. The number of aliphatic hydroxyl groups is 1. The van der Waals surface area contributed by atoms with E-state index in [1.807, 2.05) is 0 Å². The average molecular weight is 240 g/mol. The number of hydrogen-bond acceptors (Lipinski definition) is 2. The first-order chi connectivity index (χ1) is 8.13. The third kappa shape index (κ3) is 3.43. The Bertz CT molecular complexity index is 348. The van der Waals surface area contributed by atoms with Gasteiger partial charge in [-0.25, -0.2) is 4.39 Å². The Balaban J connectivity index is 2.91. The van der Waals surface area contributed by atoms with Gasteiger partial charge in [0.1, 0.15) is 11.6 Å². The van der Waals surface area contributed by atoms with Gasteiger partial charge in [-0.2, -0.15) is 0 Å². The lowest BCUT2D eigenvalue weighted by molar-refractivity contribution is 0.133. The van der Waals surface area contributed by atoms with Crippen LogP contribution < -0.4 is 4.74 Å². The standard InChI is InChI=1S/C14H21FO2/c1-4-10(5-2)9-12(16)14-11(15)7-6-8-13(14)17-3/h6-8,10,12,16H,4-5,9H2,1-3H3. The normalized spacial score (nSPS) is 12.8. The van der Waals surface area contributed by atoms with Crippen molar-refractivity contribution in [1.29, 1.82) is 0 Å². The van der Waals surface area contributed by atoms with Crippen molar-refractivity contribution in [2.24, 2.45) is 5.92 Å². The van der Waals surface area contributed by atoms with Gasteiger partial charge in [-0.1, -0.05) is 32.8 Å². The molecule has 0 saturated heterocycles. The number of hydrogen-bond donors (Lipinski definition) is 1. The first-order valence-corrected chi connectivity index (χ1v) is 6.14. The van der Waals surface area contributed by atoms with Crippen LogP contribution in [-0.4, -0.2) is 12.2 Å². The molecule has 1 atom stereocenters. The molecule has 1 aromatic rings. The molecule has 1 aromatic carbocycles. The van der Waals surface area contributed by atoms with Crippen molar-refractivity contribution in [2.45, 2.75) is 39.2 Å². The second-order valence-corrected chi connectivity index (χ2v) is 4.29. The molecule has 0 saturated carbocycles. The van der Waals surface area contributed by atoms with Gasteiger partial charge < -0.3 is 9.84 Å². The third-order valence-electron chi connectivity index (χ3n) is 3.28. The summed E-state index contributed by atoms with van der Waals surface area (Å²) in [5, 5.41) is 10.1. The maximum absolute atomic E-state index is 13.7. The van der Waals surface area contributed by atoms with Crippen molar-refractivity contribution in [3.05, 3.63) is 29.6 Å². The zero-order valence-electron chi connectivity index (χ0n) is 10.7. The molecule has 0 aliphatic rings. The molecule has 0 fully saturated rings. The molecule has 1 unspecified atom stereocenters. The highest BCUT2D eigenvalue weighted by atomic mass is 19.1. The Morgan fingerprint density at radius 1 is 1.29 bits per heavy atom. The van der Waals surface area contributed by atoms with Crippen molar-refractivity contribution in [1.82, 2.24) is 0 Å². The maximum atomic E-state index is 13.7. The summed E-state index contributed by atoms with van der Waals surface area (Å²) < 4.78 is 18.8. The molecule has 0 aliphatic heterocycles. The summed E-state index contributed by atoms with van der Waals surface area (Å²) >= 11 is 0. The van der Waals surface area contributed by atoms with Gasteiger partial charge in [0.25, 0.3) is 0 Å². The summed E-state index contributed by atoms with van der Waals surface area (Å²) in [5.41, 5.74) is 0.280. The Morgan fingerprint density at radius 2 is 1.94 bits per heavy atom. The van der Waals surface area contributed by atoms with Crippen LogP contribution in [0.15, 0.2) is 18.2 Å². The van der Waals surface area contributed by atoms with Gasteiger partial charge in [0, 0.05) is 0 Å². The minimum atomic E-state index is -0.795. The Kier molecular flexibility index (Phi) is 5.42. The highest BCUT2D eigenvalue weighted by molar-refractivity contribution is 5.36. The van der Waals surface area contributed by atoms with Gasteiger partial charge in [0.2, 0.25) is 0 Å². The fourth-order valence-electron chi connectivity index (χ4n) is 2.07. The van der Waals surface area contributed by atoms with E-state index in [1.165, 1.54) is 13.2 Å². The predicted molar refractivity (Wildman–Crippen MR) is 66.6 cm³/mol. The van der Waals surface area contributed by atoms with Crippen LogP contribution in [0, 0.1) is 11.7 Å².